The lowest BCUT2D eigenvalue weighted by Crippen LogP contribution is -2.40. The van der Waals surface area contributed by atoms with Gasteiger partial charge in [-0.2, -0.15) is 0 Å². The molecule has 1 fully saturated rings. The molecule has 2 unspecified atom stereocenters. The molecule has 0 aliphatic heterocycles. The van der Waals surface area contributed by atoms with Gasteiger partial charge >= 0.3 is 0 Å². The van der Waals surface area contributed by atoms with E-state index in [1.165, 1.54) is 12.8 Å². The molecular formula is C13H27NO4. The minimum atomic E-state index is -0.512. The van der Waals surface area contributed by atoms with Gasteiger partial charge in [0, 0.05) is 26.3 Å². The fourth-order valence-electron chi connectivity index (χ4n) is 2.18. The monoisotopic (exact) mass is 261 g/mol. The molecule has 0 aromatic heterocycles. The average molecular weight is 261 g/mol. The number of methoxy groups -OCH3 is 1. The van der Waals surface area contributed by atoms with E-state index in [0.717, 1.165) is 19.3 Å². The number of hydrogen-bond donors (Lipinski definition) is 3. The molecular weight excluding hydrogens is 234 g/mol. The molecule has 1 rings (SSSR count). The van der Waals surface area contributed by atoms with E-state index in [9.17, 15) is 5.11 Å². The normalized spacial score (nSPS) is 20.2. The van der Waals surface area contributed by atoms with Crippen molar-refractivity contribution in [2.45, 2.75) is 50.4 Å². The van der Waals surface area contributed by atoms with E-state index < -0.39 is 6.10 Å². The van der Waals surface area contributed by atoms with Gasteiger partial charge in [0.15, 0.2) is 0 Å². The highest BCUT2D eigenvalue weighted by Gasteiger charge is 2.17. The summed E-state index contributed by atoms with van der Waals surface area (Å²) in [6.45, 7) is 1.48. The third-order valence-corrected chi connectivity index (χ3v) is 3.36. The van der Waals surface area contributed by atoms with Crippen molar-refractivity contribution in [1.82, 2.24) is 5.32 Å². The zero-order valence-corrected chi connectivity index (χ0v) is 11.3. The van der Waals surface area contributed by atoms with Gasteiger partial charge in [-0.15, -0.1) is 0 Å². The van der Waals surface area contributed by atoms with E-state index in [1.54, 1.807) is 7.11 Å². The smallest absolute Gasteiger partial charge is 0.0897 e. The summed E-state index contributed by atoms with van der Waals surface area (Å²) in [6.07, 6.45) is 5.28. The van der Waals surface area contributed by atoms with Crippen LogP contribution in [0.1, 0.15) is 32.1 Å². The maximum atomic E-state index is 9.78. The highest BCUT2D eigenvalue weighted by molar-refractivity contribution is 4.71. The molecule has 0 aromatic rings. The van der Waals surface area contributed by atoms with Crippen molar-refractivity contribution in [2.24, 2.45) is 0 Å². The van der Waals surface area contributed by atoms with Gasteiger partial charge in [0.25, 0.3) is 0 Å². The van der Waals surface area contributed by atoms with E-state index in [4.69, 9.17) is 14.6 Å². The zero-order chi connectivity index (χ0) is 13.2. The Morgan fingerprint density at radius 3 is 2.67 bits per heavy atom. The molecule has 0 bridgehead atoms. The average Bonchev–Trinajstić information content (AvgIpc) is 2.89. The van der Waals surface area contributed by atoms with Crippen LogP contribution in [0.3, 0.4) is 0 Å². The molecule has 0 radical (unpaired) electrons. The Morgan fingerprint density at radius 1 is 1.33 bits per heavy atom. The van der Waals surface area contributed by atoms with Crippen molar-refractivity contribution in [3.63, 3.8) is 0 Å². The Kier molecular flexibility index (Phi) is 8.54. The Morgan fingerprint density at radius 2 is 2.06 bits per heavy atom. The molecule has 5 nitrogen and oxygen atoms in total. The lowest BCUT2D eigenvalue weighted by atomic mass is 10.2. The van der Waals surface area contributed by atoms with Crippen molar-refractivity contribution in [3.8, 4) is 0 Å². The number of aliphatic hydroxyl groups is 2. The van der Waals surface area contributed by atoms with Crippen molar-refractivity contribution in [3.05, 3.63) is 0 Å². The van der Waals surface area contributed by atoms with Gasteiger partial charge in [0.05, 0.1) is 25.4 Å². The Hall–Kier alpha value is -0.200. The number of nitrogens with one attached hydrogen (secondary N) is 1. The first-order valence-electron chi connectivity index (χ1n) is 6.89. The van der Waals surface area contributed by atoms with Crippen LogP contribution in [0.4, 0.5) is 0 Å². The molecule has 5 heteroatoms. The van der Waals surface area contributed by atoms with Crippen LogP contribution in [-0.2, 0) is 9.47 Å². The quantitative estimate of drug-likeness (QED) is 0.527. The summed E-state index contributed by atoms with van der Waals surface area (Å²) in [4.78, 5) is 0. The van der Waals surface area contributed by atoms with Gasteiger partial charge in [0.1, 0.15) is 0 Å². The van der Waals surface area contributed by atoms with E-state index in [2.05, 4.69) is 5.32 Å². The summed E-state index contributed by atoms with van der Waals surface area (Å²) in [5.41, 5.74) is 0. The first-order chi connectivity index (χ1) is 8.76. The predicted molar refractivity (Wildman–Crippen MR) is 69.6 cm³/mol. The van der Waals surface area contributed by atoms with Gasteiger partial charge in [-0.05, 0) is 19.3 Å². The standard InChI is InChI=1S/C13H27NO4/c1-17-7-6-11(9-15)14-8-12(16)10-18-13-4-2-3-5-13/h11-16H,2-10H2,1H3. The van der Waals surface area contributed by atoms with E-state index >= 15 is 0 Å². The van der Waals surface area contributed by atoms with Crippen LogP contribution in [0.2, 0.25) is 0 Å². The van der Waals surface area contributed by atoms with Crippen molar-refractivity contribution in [1.29, 1.82) is 0 Å². The molecule has 1 saturated carbocycles. The molecule has 108 valence electrons. The molecule has 0 heterocycles. The summed E-state index contributed by atoms with van der Waals surface area (Å²) in [5.74, 6) is 0. The van der Waals surface area contributed by atoms with Crippen molar-refractivity contribution in [2.75, 3.05) is 33.5 Å². The van der Waals surface area contributed by atoms with E-state index in [0.29, 0.717) is 25.9 Å². The van der Waals surface area contributed by atoms with Crippen LogP contribution in [0.5, 0.6) is 0 Å². The third-order valence-electron chi connectivity index (χ3n) is 3.36. The first-order valence-corrected chi connectivity index (χ1v) is 6.89. The molecule has 0 amide bonds. The van der Waals surface area contributed by atoms with Crippen molar-refractivity contribution >= 4 is 0 Å². The van der Waals surface area contributed by atoms with Gasteiger partial charge in [-0.25, -0.2) is 0 Å². The summed E-state index contributed by atoms with van der Waals surface area (Å²) in [5, 5.41) is 22.0. The van der Waals surface area contributed by atoms with Gasteiger partial charge in [-0.1, -0.05) is 12.8 Å². The lowest BCUT2D eigenvalue weighted by Gasteiger charge is -2.20. The SMILES string of the molecule is COCCC(CO)NCC(O)COC1CCCC1. The van der Waals surface area contributed by atoms with Crippen LogP contribution >= 0.6 is 0 Å². The molecule has 2 atom stereocenters. The largest absolute Gasteiger partial charge is 0.395 e. The highest BCUT2D eigenvalue weighted by atomic mass is 16.5. The summed E-state index contributed by atoms with van der Waals surface area (Å²) in [6, 6.07) is -0.0221. The van der Waals surface area contributed by atoms with Gasteiger partial charge < -0.3 is 25.0 Å². The van der Waals surface area contributed by atoms with E-state index in [1.807, 2.05) is 0 Å². The second-order valence-electron chi connectivity index (χ2n) is 4.96. The molecule has 0 saturated heterocycles. The lowest BCUT2D eigenvalue weighted by molar-refractivity contribution is -0.00717. The van der Waals surface area contributed by atoms with E-state index in [-0.39, 0.29) is 12.6 Å². The van der Waals surface area contributed by atoms with Gasteiger partial charge in [0.2, 0.25) is 0 Å². The topological polar surface area (TPSA) is 71.0 Å². The van der Waals surface area contributed by atoms with Crippen LogP contribution < -0.4 is 5.32 Å². The van der Waals surface area contributed by atoms with Gasteiger partial charge in [-0.3, -0.25) is 0 Å². The molecule has 1 aliphatic carbocycles. The van der Waals surface area contributed by atoms with Crippen LogP contribution in [0.15, 0.2) is 0 Å². The zero-order valence-electron chi connectivity index (χ0n) is 11.3. The molecule has 18 heavy (non-hydrogen) atoms. The Balaban J connectivity index is 2.04. The van der Waals surface area contributed by atoms with Crippen LogP contribution in [0.25, 0.3) is 0 Å². The minimum Gasteiger partial charge on any atom is -0.395 e. The Bertz CT molecular complexity index is 197. The maximum absolute atomic E-state index is 9.78. The molecule has 1 aliphatic rings. The molecule has 3 N–H and O–H groups in total. The first kappa shape index (κ1) is 15.9. The maximum Gasteiger partial charge on any atom is 0.0897 e. The second kappa shape index (κ2) is 9.69. The van der Waals surface area contributed by atoms with Crippen LogP contribution in [0, 0.1) is 0 Å². The molecule has 0 spiro atoms. The third kappa shape index (κ3) is 6.66. The summed E-state index contributed by atoms with van der Waals surface area (Å²) < 4.78 is 10.6. The summed E-state index contributed by atoms with van der Waals surface area (Å²) in [7, 11) is 1.64. The number of ether oxygens (including phenoxy) is 2. The fourth-order valence-corrected chi connectivity index (χ4v) is 2.18. The number of rotatable bonds is 10. The molecule has 0 aromatic carbocycles. The summed E-state index contributed by atoms with van der Waals surface area (Å²) >= 11 is 0. The van der Waals surface area contributed by atoms with Crippen LogP contribution in [-0.4, -0.2) is 61.9 Å². The predicted octanol–water partition coefficient (Wildman–Crippen LogP) is 0.294. The fraction of sp³-hybridized carbons (Fsp3) is 1.00. The second-order valence-corrected chi connectivity index (χ2v) is 4.96. The number of aliphatic hydroxyl groups excluding tert-OH is 2. The highest BCUT2D eigenvalue weighted by Crippen LogP contribution is 2.20. The van der Waals surface area contributed by atoms with Crippen molar-refractivity contribution < 1.29 is 19.7 Å². The minimum absolute atomic E-state index is 0.0221. The Labute approximate surface area is 109 Å². The number of hydrogen-bond acceptors (Lipinski definition) is 5.